The molecule has 19 heavy (non-hydrogen) atoms. The number of aliphatic hydroxyl groups excluding tert-OH is 1. The minimum Gasteiger partial charge on any atom is -0.396 e. The van der Waals surface area contributed by atoms with E-state index in [4.69, 9.17) is 0 Å². The third-order valence-electron chi connectivity index (χ3n) is 4.82. The predicted molar refractivity (Wildman–Crippen MR) is 70.4 cm³/mol. The molecular weight excluding hydrogens is 242 g/mol. The molecule has 106 valence electrons. The van der Waals surface area contributed by atoms with Crippen LogP contribution in [0.5, 0.6) is 0 Å². The van der Waals surface area contributed by atoms with Gasteiger partial charge in [-0.3, -0.25) is 4.90 Å². The number of likely N-dealkylation sites (tertiary alicyclic amines) is 1. The molecule has 1 saturated heterocycles. The van der Waals surface area contributed by atoms with E-state index in [-0.39, 0.29) is 5.41 Å². The molecule has 1 aliphatic carbocycles. The third-order valence-corrected chi connectivity index (χ3v) is 4.82. The standard InChI is InChI=1S/C13H23N5O/c1-2-13(10-19)5-7-17(8-6-13)9-12-14-15-16-18(12)11-3-4-11/h11,19H,2-10H2,1H3. The second kappa shape index (κ2) is 5.17. The minimum atomic E-state index is 0.152. The van der Waals surface area contributed by atoms with Gasteiger partial charge in [-0.1, -0.05) is 6.92 Å². The van der Waals surface area contributed by atoms with E-state index in [1.165, 1.54) is 12.8 Å². The zero-order valence-electron chi connectivity index (χ0n) is 11.6. The molecule has 1 aromatic heterocycles. The first-order valence-corrected chi connectivity index (χ1v) is 7.36. The number of tetrazole rings is 1. The van der Waals surface area contributed by atoms with Crippen LogP contribution < -0.4 is 0 Å². The molecule has 6 nitrogen and oxygen atoms in total. The van der Waals surface area contributed by atoms with Crippen molar-refractivity contribution in [3.63, 3.8) is 0 Å². The summed E-state index contributed by atoms with van der Waals surface area (Å²) in [6, 6.07) is 0.543. The van der Waals surface area contributed by atoms with E-state index < -0.39 is 0 Å². The highest BCUT2D eigenvalue weighted by atomic mass is 16.3. The second-order valence-corrected chi connectivity index (χ2v) is 6.06. The molecule has 0 aromatic carbocycles. The molecule has 0 unspecified atom stereocenters. The smallest absolute Gasteiger partial charge is 0.165 e. The number of aliphatic hydroxyl groups is 1. The van der Waals surface area contributed by atoms with Crippen molar-refractivity contribution in [2.24, 2.45) is 5.41 Å². The topological polar surface area (TPSA) is 67.1 Å². The first-order valence-electron chi connectivity index (χ1n) is 7.36. The number of aromatic nitrogens is 4. The normalized spacial score (nSPS) is 23.7. The van der Waals surface area contributed by atoms with Crippen LogP contribution in [0.4, 0.5) is 0 Å². The third kappa shape index (κ3) is 2.65. The van der Waals surface area contributed by atoms with E-state index >= 15 is 0 Å². The van der Waals surface area contributed by atoms with Crippen molar-refractivity contribution in [1.82, 2.24) is 25.1 Å². The van der Waals surface area contributed by atoms with E-state index in [0.29, 0.717) is 12.6 Å². The van der Waals surface area contributed by atoms with Crippen LogP contribution in [0.1, 0.15) is 50.9 Å². The van der Waals surface area contributed by atoms with Crippen molar-refractivity contribution in [2.75, 3.05) is 19.7 Å². The van der Waals surface area contributed by atoms with Crippen LogP contribution >= 0.6 is 0 Å². The van der Waals surface area contributed by atoms with E-state index in [9.17, 15) is 5.11 Å². The fraction of sp³-hybridized carbons (Fsp3) is 0.923. The first kappa shape index (κ1) is 13.0. The van der Waals surface area contributed by atoms with Gasteiger partial charge in [-0.2, -0.15) is 0 Å². The van der Waals surface area contributed by atoms with Gasteiger partial charge < -0.3 is 5.11 Å². The van der Waals surface area contributed by atoms with Gasteiger partial charge in [0.25, 0.3) is 0 Å². The summed E-state index contributed by atoms with van der Waals surface area (Å²) >= 11 is 0. The lowest BCUT2D eigenvalue weighted by molar-refractivity contribution is 0.0369. The van der Waals surface area contributed by atoms with Gasteiger partial charge in [-0.15, -0.1) is 5.10 Å². The molecular formula is C13H23N5O. The molecule has 1 aromatic rings. The van der Waals surface area contributed by atoms with E-state index in [0.717, 1.165) is 44.7 Å². The van der Waals surface area contributed by atoms with Crippen LogP contribution in [0.15, 0.2) is 0 Å². The predicted octanol–water partition coefficient (Wildman–Crippen LogP) is 0.992. The lowest BCUT2D eigenvalue weighted by Gasteiger charge is -2.40. The molecule has 1 saturated carbocycles. The van der Waals surface area contributed by atoms with Gasteiger partial charge in [0.2, 0.25) is 0 Å². The first-order chi connectivity index (χ1) is 9.26. The molecule has 6 heteroatoms. The van der Waals surface area contributed by atoms with Crippen LogP contribution in [0.25, 0.3) is 0 Å². The van der Waals surface area contributed by atoms with Crippen LogP contribution in [-0.2, 0) is 6.54 Å². The second-order valence-electron chi connectivity index (χ2n) is 6.06. The molecule has 2 heterocycles. The lowest BCUT2D eigenvalue weighted by Crippen LogP contribution is -2.41. The Hall–Kier alpha value is -1.01. The van der Waals surface area contributed by atoms with Crippen molar-refractivity contribution >= 4 is 0 Å². The highest BCUT2D eigenvalue weighted by Gasteiger charge is 2.33. The summed E-state index contributed by atoms with van der Waals surface area (Å²) in [5.41, 5.74) is 0.152. The number of nitrogens with zero attached hydrogens (tertiary/aromatic N) is 5. The molecule has 0 amide bonds. The highest BCUT2D eigenvalue weighted by Crippen LogP contribution is 2.36. The maximum absolute atomic E-state index is 9.55. The fourth-order valence-corrected chi connectivity index (χ4v) is 2.93. The summed E-state index contributed by atoms with van der Waals surface area (Å²) in [5.74, 6) is 0.996. The van der Waals surface area contributed by atoms with Crippen molar-refractivity contribution in [2.45, 2.75) is 51.6 Å². The van der Waals surface area contributed by atoms with Gasteiger partial charge in [-0.25, -0.2) is 4.68 Å². The SMILES string of the molecule is CCC1(CO)CCN(Cc2nnnn2C2CC2)CC1. The average Bonchev–Trinajstić information content (AvgIpc) is 3.20. The molecule has 0 radical (unpaired) electrons. The monoisotopic (exact) mass is 265 g/mol. The Labute approximate surface area is 113 Å². The summed E-state index contributed by atoms with van der Waals surface area (Å²) in [6.45, 7) is 5.41. The van der Waals surface area contributed by atoms with Crippen LogP contribution in [0, 0.1) is 5.41 Å². The van der Waals surface area contributed by atoms with Crippen molar-refractivity contribution < 1.29 is 5.11 Å². The summed E-state index contributed by atoms with van der Waals surface area (Å²) in [6.07, 6.45) is 5.64. The Morgan fingerprint density at radius 2 is 2.05 bits per heavy atom. The quantitative estimate of drug-likeness (QED) is 0.860. The summed E-state index contributed by atoms with van der Waals surface area (Å²) < 4.78 is 1.99. The fourth-order valence-electron chi connectivity index (χ4n) is 2.93. The molecule has 0 bridgehead atoms. The zero-order chi connectivity index (χ0) is 13.3. The molecule has 0 atom stereocenters. The average molecular weight is 265 g/mol. The minimum absolute atomic E-state index is 0.152. The largest absolute Gasteiger partial charge is 0.396 e. The zero-order valence-corrected chi connectivity index (χ0v) is 11.6. The Morgan fingerprint density at radius 3 is 2.63 bits per heavy atom. The summed E-state index contributed by atoms with van der Waals surface area (Å²) in [5, 5.41) is 21.6. The Balaban J connectivity index is 1.58. The number of piperidine rings is 1. The van der Waals surface area contributed by atoms with Gasteiger partial charge in [0.05, 0.1) is 12.6 Å². The van der Waals surface area contributed by atoms with Gasteiger partial charge >= 0.3 is 0 Å². The van der Waals surface area contributed by atoms with Crippen molar-refractivity contribution in [1.29, 1.82) is 0 Å². The lowest BCUT2D eigenvalue weighted by atomic mass is 9.77. The van der Waals surface area contributed by atoms with Crippen LogP contribution in [-0.4, -0.2) is 49.9 Å². The highest BCUT2D eigenvalue weighted by molar-refractivity contribution is 4.92. The Morgan fingerprint density at radius 1 is 1.32 bits per heavy atom. The molecule has 1 aliphatic heterocycles. The Bertz CT molecular complexity index is 414. The molecule has 1 N–H and O–H groups in total. The summed E-state index contributed by atoms with van der Waals surface area (Å²) in [4.78, 5) is 2.41. The molecule has 0 spiro atoms. The van der Waals surface area contributed by atoms with Gasteiger partial charge in [0.1, 0.15) is 0 Å². The number of rotatable bonds is 5. The maximum Gasteiger partial charge on any atom is 0.165 e. The van der Waals surface area contributed by atoms with Gasteiger partial charge in [0, 0.05) is 6.61 Å². The maximum atomic E-state index is 9.55. The van der Waals surface area contributed by atoms with Crippen molar-refractivity contribution in [3.8, 4) is 0 Å². The number of hydrogen-bond donors (Lipinski definition) is 1. The van der Waals surface area contributed by atoms with Gasteiger partial charge in [0.15, 0.2) is 5.82 Å². The molecule has 2 aliphatic rings. The summed E-state index contributed by atoms with van der Waals surface area (Å²) in [7, 11) is 0. The Kier molecular flexibility index (Phi) is 3.54. The van der Waals surface area contributed by atoms with Crippen molar-refractivity contribution in [3.05, 3.63) is 5.82 Å². The molecule has 3 rings (SSSR count). The van der Waals surface area contributed by atoms with Gasteiger partial charge in [-0.05, 0) is 61.0 Å². The van der Waals surface area contributed by atoms with E-state index in [1.54, 1.807) is 0 Å². The number of hydrogen-bond acceptors (Lipinski definition) is 5. The van der Waals surface area contributed by atoms with E-state index in [1.807, 2.05) is 4.68 Å². The van der Waals surface area contributed by atoms with Crippen LogP contribution in [0.3, 0.4) is 0 Å². The van der Waals surface area contributed by atoms with E-state index in [2.05, 4.69) is 27.3 Å². The van der Waals surface area contributed by atoms with Crippen LogP contribution in [0.2, 0.25) is 0 Å². The molecule has 2 fully saturated rings.